The Hall–Kier alpha value is -2.87. The highest BCUT2D eigenvalue weighted by molar-refractivity contribution is 7.99. The van der Waals surface area contributed by atoms with Gasteiger partial charge in [0.1, 0.15) is 5.82 Å². The van der Waals surface area contributed by atoms with Gasteiger partial charge >= 0.3 is 0 Å². The van der Waals surface area contributed by atoms with E-state index in [4.69, 9.17) is 9.47 Å². The van der Waals surface area contributed by atoms with Crippen molar-refractivity contribution in [1.82, 2.24) is 14.8 Å². The topological polar surface area (TPSA) is 66.2 Å². The summed E-state index contributed by atoms with van der Waals surface area (Å²) in [6, 6.07) is 11.0. The third-order valence-corrected chi connectivity index (χ3v) is 5.00. The third-order valence-electron chi connectivity index (χ3n) is 3.98. The first-order valence-corrected chi connectivity index (χ1v) is 9.05. The molecule has 0 saturated carbocycles. The summed E-state index contributed by atoms with van der Waals surface area (Å²) >= 11 is 1.28. The van der Waals surface area contributed by atoms with Crippen LogP contribution in [0.5, 0.6) is 11.5 Å². The second kappa shape index (κ2) is 8.22. The largest absolute Gasteiger partial charge is 0.493 e. The second-order valence-electron chi connectivity index (χ2n) is 5.65. The molecule has 0 N–H and O–H groups in total. The van der Waals surface area contributed by atoms with E-state index < -0.39 is 0 Å². The average molecular weight is 387 g/mol. The Balaban J connectivity index is 1.75. The fraction of sp³-hybridized carbons (Fsp3) is 0.211. The number of hydrogen-bond acceptors (Lipinski definition) is 6. The number of carbonyl (C=O) groups excluding carboxylic acids is 1. The summed E-state index contributed by atoms with van der Waals surface area (Å²) in [5.74, 6) is 1.58. The van der Waals surface area contributed by atoms with Gasteiger partial charge < -0.3 is 14.0 Å². The number of carbonyl (C=O) groups is 1. The second-order valence-corrected chi connectivity index (χ2v) is 6.60. The zero-order chi connectivity index (χ0) is 19.4. The number of thioether (sulfide) groups is 1. The first-order valence-electron chi connectivity index (χ1n) is 8.07. The summed E-state index contributed by atoms with van der Waals surface area (Å²) in [7, 11) is 4.98. The Morgan fingerprint density at radius 2 is 1.78 bits per heavy atom. The number of nitrogens with zero attached hydrogens (tertiary/aromatic N) is 3. The first-order chi connectivity index (χ1) is 13.0. The summed E-state index contributed by atoms with van der Waals surface area (Å²) in [6.45, 7) is 0. The number of aromatic nitrogens is 3. The van der Waals surface area contributed by atoms with Crippen LogP contribution >= 0.6 is 11.8 Å². The molecule has 0 fully saturated rings. The molecule has 0 aliphatic carbocycles. The Bertz CT molecular complexity index is 957. The zero-order valence-electron chi connectivity index (χ0n) is 15.1. The van der Waals surface area contributed by atoms with Crippen LogP contribution in [0, 0.1) is 5.82 Å². The van der Waals surface area contributed by atoms with Crippen LogP contribution in [0.1, 0.15) is 10.4 Å². The van der Waals surface area contributed by atoms with Crippen LogP contribution in [0.15, 0.2) is 47.6 Å². The molecule has 8 heteroatoms. The van der Waals surface area contributed by atoms with Crippen molar-refractivity contribution in [3.8, 4) is 22.9 Å². The smallest absolute Gasteiger partial charge is 0.191 e. The molecule has 1 aromatic heterocycles. The number of halogens is 1. The van der Waals surface area contributed by atoms with Gasteiger partial charge in [0, 0.05) is 18.2 Å². The Morgan fingerprint density at radius 1 is 1.07 bits per heavy atom. The minimum atomic E-state index is -0.368. The van der Waals surface area contributed by atoms with Gasteiger partial charge in [-0.2, -0.15) is 0 Å². The molecule has 0 amide bonds. The van der Waals surface area contributed by atoms with Crippen LogP contribution < -0.4 is 9.47 Å². The molecule has 6 nitrogen and oxygen atoms in total. The van der Waals surface area contributed by atoms with Crippen LogP contribution in [0.25, 0.3) is 11.4 Å². The van der Waals surface area contributed by atoms with E-state index in [2.05, 4.69) is 10.2 Å². The van der Waals surface area contributed by atoms with E-state index in [9.17, 15) is 9.18 Å². The normalized spacial score (nSPS) is 10.7. The lowest BCUT2D eigenvalue weighted by Gasteiger charge is -2.09. The number of methoxy groups -OCH3 is 2. The van der Waals surface area contributed by atoms with Gasteiger partial charge in [-0.3, -0.25) is 4.79 Å². The van der Waals surface area contributed by atoms with Crippen molar-refractivity contribution in [3.63, 3.8) is 0 Å². The lowest BCUT2D eigenvalue weighted by Crippen LogP contribution is -2.04. The van der Waals surface area contributed by atoms with Crippen molar-refractivity contribution in [2.75, 3.05) is 20.0 Å². The highest BCUT2D eigenvalue weighted by atomic mass is 32.2. The zero-order valence-corrected chi connectivity index (χ0v) is 15.9. The van der Waals surface area contributed by atoms with Crippen LogP contribution in [-0.4, -0.2) is 40.5 Å². The monoisotopic (exact) mass is 387 g/mol. The van der Waals surface area contributed by atoms with Gasteiger partial charge in [0.05, 0.1) is 20.0 Å². The average Bonchev–Trinajstić information content (AvgIpc) is 3.06. The van der Waals surface area contributed by atoms with Crippen molar-refractivity contribution < 1.29 is 18.7 Å². The number of Topliss-reactive ketones (excluding diaryl/α,β-unsaturated/α-hetero) is 1. The van der Waals surface area contributed by atoms with Crippen molar-refractivity contribution >= 4 is 17.5 Å². The van der Waals surface area contributed by atoms with Crippen LogP contribution in [0.3, 0.4) is 0 Å². The molecule has 0 aliphatic rings. The molecule has 0 atom stereocenters. The van der Waals surface area contributed by atoms with Crippen molar-refractivity contribution in [2.45, 2.75) is 5.16 Å². The van der Waals surface area contributed by atoms with Crippen LogP contribution in [0.2, 0.25) is 0 Å². The van der Waals surface area contributed by atoms with Crippen molar-refractivity contribution in [1.29, 1.82) is 0 Å². The van der Waals surface area contributed by atoms with Crippen molar-refractivity contribution in [2.24, 2.45) is 7.05 Å². The van der Waals surface area contributed by atoms with Gasteiger partial charge in [-0.15, -0.1) is 10.2 Å². The van der Waals surface area contributed by atoms with E-state index in [1.807, 2.05) is 23.7 Å². The minimum absolute atomic E-state index is 0.101. The molecule has 1 heterocycles. The van der Waals surface area contributed by atoms with E-state index in [0.29, 0.717) is 28.0 Å². The predicted molar refractivity (Wildman–Crippen MR) is 101 cm³/mol. The van der Waals surface area contributed by atoms with Crippen LogP contribution in [0.4, 0.5) is 4.39 Å². The van der Waals surface area contributed by atoms with Gasteiger partial charge in [0.25, 0.3) is 0 Å². The fourth-order valence-electron chi connectivity index (χ4n) is 2.52. The predicted octanol–water partition coefficient (Wildman–Crippen LogP) is 3.61. The lowest BCUT2D eigenvalue weighted by atomic mass is 10.1. The molecule has 3 rings (SSSR count). The molecule has 3 aromatic rings. The molecule has 2 aromatic carbocycles. The molecular formula is C19H18FN3O3S. The molecule has 27 heavy (non-hydrogen) atoms. The molecule has 0 aliphatic heterocycles. The van der Waals surface area contributed by atoms with E-state index >= 15 is 0 Å². The SMILES string of the molecule is COc1ccc(-c2nnc(SCC(=O)c3ccc(F)cc3)n2C)cc1OC. The van der Waals surface area contributed by atoms with Gasteiger partial charge in [-0.05, 0) is 42.5 Å². The van der Waals surface area contributed by atoms with Gasteiger partial charge in [0.2, 0.25) is 0 Å². The Labute approximate surface area is 160 Å². The maximum atomic E-state index is 13.0. The van der Waals surface area contributed by atoms with Crippen LogP contribution in [-0.2, 0) is 7.05 Å². The summed E-state index contributed by atoms with van der Waals surface area (Å²) < 4.78 is 25.3. The highest BCUT2D eigenvalue weighted by Gasteiger charge is 2.15. The summed E-state index contributed by atoms with van der Waals surface area (Å²) in [5, 5.41) is 8.98. The summed E-state index contributed by atoms with van der Waals surface area (Å²) in [4.78, 5) is 12.2. The van der Waals surface area contributed by atoms with Gasteiger partial charge in [-0.1, -0.05) is 11.8 Å². The molecular weight excluding hydrogens is 369 g/mol. The van der Waals surface area contributed by atoms with E-state index in [0.717, 1.165) is 5.56 Å². The maximum absolute atomic E-state index is 13.0. The summed E-state index contributed by atoms with van der Waals surface area (Å²) in [5.41, 5.74) is 1.28. The van der Waals surface area contributed by atoms with Gasteiger partial charge in [0.15, 0.2) is 28.3 Å². The number of ether oxygens (including phenoxy) is 2. The van der Waals surface area contributed by atoms with Gasteiger partial charge in [-0.25, -0.2) is 4.39 Å². The molecule has 0 radical (unpaired) electrons. The van der Waals surface area contributed by atoms with Crippen molar-refractivity contribution in [3.05, 3.63) is 53.8 Å². The van der Waals surface area contributed by atoms with E-state index in [-0.39, 0.29) is 17.4 Å². The maximum Gasteiger partial charge on any atom is 0.191 e. The number of benzene rings is 2. The fourth-order valence-corrected chi connectivity index (χ4v) is 3.32. The quantitative estimate of drug-likeness (QED) is 0.456. The van der Waals surface area contributed by atoms with E-state index in [1.165, 1.54) is 36.0 Å². The highest BCUT2D eigenvalue weighted by Crippen LogP contribution is 2.32. The molecule has 140 valence electrons. The van der Waals surface area contributed by atoms with E-state index in [1.54, 1.807) is 20.3 Å². The molecule has 0 unspecified atom stereocenters. The lowest BCUT2D eigenvalue weighted by molar-refractivity contribution is 0.102. The molecule has 0 spiro atoms. The number of ketones is 1. The number of rotatable bonds is 7. The summed E-state index contributed by atoms with van der Waals surface area (Å²) in [6.07, 6.45) is 0. The first kappa shape index (κ1) is 18.9. The molecule has 0 saturated heterocycles. The number of hydrogen-bond donors (Lipinski definition) is 0. The minimum Gasteiger partial charge on any atom is -0.493 e. The Morgan fingerprint density at radius 3 is 2.44 bits per heavy atom. The standard InChI is InChI=1S/C19H18FN3O3S/c1-23-18(13-6-9-16(25-2)17(10-13)26-3)21-22-19(23)27-11-15(24)12-4-7-14(20)8-5-12/h4-10H,11H2,1-3H3. The third kappa shape index (κ3) is 4.11. The molecule has 0 bridgehead atoms. The Kier molecular flexibility index (Phi) is 5.75.